The first-order chi connectivity index (χ1) is 13.3. The zero-order chi connectivity index (χ0) is 20.6. The minimum atomic E-state index is -0.634. The van der Waals surface area contributed by atoms with Crippen molar-refractivity contribution in [3.8, 4) is 5.75 Å². The maximum atomic E-state index is 10.6. The molecule has 0 radical (unpaired) electrons. The highest BCUT2D eigenvalue weighted by Crippen LogP contribution is 2.30. The van der Waals surface area contributed by atoms with Gasteiger partial charge in [-0.1, -0.05) is 39.0 Å². The van der Waals surface area contributed by atoms with Gasteiger partial charge in [0, 0.05) is 25.7 Å². The fourth-order valence-electron chi connectivity index (χ4n) is 2.60. The first-order valence-electron chi connectivity index (χ1n) is 9.23. The summed E-state index contributed by atoms with van der Waals surface area (Å²) in [6, 6.07) is 10.8. The van der Waals surface area contributed by atoms with Gasteiger partial charge in [0.05, 0.1) is 4.92 Å². The third-order valence-corrected chi connectivity index (χ3v) is 4.07. The summed E-state index contributed by atoms with van der Waals surface area (Å²) in [5, 5.41) is 26.9. The molecule has 8 nitrogen and oxygen atoms in total. The average molecular weight is 388 g/mol. The van der Waals surface area contributed by atoms with Gasteiger partial charge < -0.3 is 20.5 Å². The Hall–Kier alpha value is -2.71. The van der Waals surface area contributed by atoms with Crippen molar-refractivity contribution in [2.75, 3.05) is 31.6 Å². The lowest BCUT2D eigenvalue weighted by molar-refractivity contribution is -0.385. The Morgan fingerprint density at radius 2 is 1.96 bits per heavy atom. The third-order valence-electron chi connectivity index (χ3n) is 4.07. The summed E-state index contributed by atoms with van der Waals surface area (Å²) in [4.78, 5) is 14.1. The van der Waals surface area contributed by atoms with Crippen molar-refractivity contribution >= 4 is 11.5 Å². The molecule has 1 atom stereocenters. The van der Waals surface area contributed by atoms with Crippen LogP contribution in [0.1, 0.15) is 26.3 Å². The highest BCUT2D eigenvalue weighted by molar-refractivity contribution is 5.40. The first kappa shape index (κ1) is 21.6. The third kappa shape index (κ3) is 6.79. The molecule has 0 spiro atoms. The van der Waals surface area contributed by atoms with Crippen molar-refractivity contribution in [1.29, 1.82) is 0 Å². The second-order valence-corrected chi connectivity index (χ2v) is 7.50. The number of pyridine rings is 1. The summed E-state index contributed by atoms with van der Waals surface area (Å²) in [7, 11) is 0. The molecular weight excluding hydrogens is 360 g/mol. The maximum absolute atomic E-state index is 10.6. The molecule has 1 aromatic heterocycles. The van der Waals surface area contributed by atoms with E-state index in [-0.39, 0.29) is 17.7 Å². The Morgan fingerprint density at radius 1 is 1.21 bits per heavy atom. The Labute approximate surface area is 165 Å². The number of ether oxygens (including phenoxy) is 1. The van der Waals surface area contributed by atoms with Gasteiger partial charge in [-0.25, -0.2) is 4.98 Å². The van der Waals surface area contributed by atoms with Gasteiger partial charge >= 0.3 is 0 Å². The van der Waals surface area contributed by atoms with Gasteiger partial charge in [-0.15, -0.1) is 0 Å². The summed E-state index contributed by atoms with van der Waals surface area (Å²) in [5.74, 6) is 1.36. The molecule has 0 amide bonds. The number of nitrogens with zero attached hydrogens (tertiary/aromatic N) is 2. The molecule has 8 heteroatoms. The van der Waals surface area contributed by atoms with E-state index in [1.54, 1.807) is 6.07 Å². The van der Waals surface area contributed by atoms with Crippen LogP contribution in [-0.2, 0) is 5.41 Å². The van der Waals surface area contributed by atoms with Crippen molar-refractivity contribution in [3.63, 3.8) is 0 Å². The minimum absolute atomic E-state index is 0.0304. The number of rotatable bonds is 10. The number of anilines is 1. The van der Waals surface area contributed by atoms with E-state index in [1.807, 2.05) is 24.3 Å². The van der Waals surface area contributed by atoms with E-state index in [2.05, 4.69) is 36.4 Å². The molecule has 1 aromatic carbocycles. The summed E-state index contributed by atoms with van der Waals surface area (Å²) in [5.41, 5.74) is 1.03. The van der Waals surface area contributed by atoms with Crippen molar-refractivity contribution in [3.05, 3.63) is 58.3 Å². The Balaban J connectivity index is 1.67. The molecule has 152 valence electrons. The quantitative estimate of drug-likeness (QED) is 0.326. The molecule has 0 saturated carbocycles. The predicted octanol–water partition coefficient (Wildman–Crippen LogP) is 2.73. The number of para-hydroxylation sites is 1. The summed E-state index contributed by atoms with van der Waals surface area (Å²) in [6.45, 7) is 8.16. The van der Waals surface area contributed by atoms with Crippen molar-refractivity contribution in [1.82, 2.24) is 10.3 Å². The van der Waals surface area contributed by atoms with Crippen LogP contribution < -0.4 is 15.4 Å². The molecule has 0 aliphatic heterocycles. The lowest BCUT2D eigenvalue weighted by atomic mass is 9.86. The van der Waals surface area contributed by atoms with Crippen LogP contribution in [0.3, 0.4) is 0 Å². The van der Waals surface area contributed by atoms with Crippen LogP contribution in [0, 0.1) is 10.1 Å². The van der Waals surface area contributed by atoms with Crippen LogP contribution in [0.25, 0.3) is 0 Å². The average Bonchev–Trinajstić information content (AvgIpc) is 2.66. The molecule has 0 aliphatic rings. The Morgan fingerprint density at radius 3 is 2.61 bits per heavy atom. The summed E-state index contributed by atoms with van der Waals surface area (Å²) < 4.78 is 5.81. The van der Waals surface area contributed by atoms with Crippen LogP contribution >= 0.6 is 0 Å². The second-order valence-electron chi connectivity index (χ2n) is 7.50. The normalized spacial score (nSPS) is 12.4. The molecule has 0 bridgehead atoms. The number of hydrogen-bond donors (Lipinski definition) is 3. The van der Waals surface area contributed by atoms with E-state index in [0.717, 1.165) is 11.3 Å². The van der Waals surface area contributed by atoms with Gasteiger partial charge in [0.1, 0.15) is 30.5 Å². The van der Waals surface area contributed by atoms with Crippen molar-refractivity contribution in [2.45, 2.75) is 32.3 Å². The van der Waals surface area contributed by atoms with Crippen LogP contribution in [-0.4, -0.2) is 47.4 Å². The van der Waals surface area contributed by atoms with E-state index in [9.17, 15) is 15.2 Å². The number of aliphatic hydroxyl groups excluding tert-OH is 1. The van der Waals surface area contributed by atoms with Gasteiger partial charge in [0.15, 0.2) is 0 Å². The standard InChI is InChI=1S/C20H28N4O4/c1-20(2,3)17-6-4-5-7-18(17)28-14-16(25)13-21-10-11-22-19-9-8-15(12-23-19)24(26)27/h4-9,12,16,21,25H,10-11,13-14H2,1-3H3,(H,22,23)/t16-/m0/s1. The first-order valence-corrected chi connectivity index (χ1v) is 9.23. The second kappa shape index (κ2) is 10.0. The Kier molecular flexibility index (Phi) is 7.71. The molecule has 1 heterocycles. The molecule has 0 fully saturated rings. The largest absolute Gasteiger partial charge is 0.491 e. The fraction of sp³-hybridized carbons (Fsp3) is 0.450. The molecule has 3 N–H and O–H groups in total. The highest BCUT2D eigenvalue weighted by Gasteiger charge is 2.18. The van der Waals surface area contributed by atoms with E-state index >= 15 is 0 Å². The number of benzene rings is 1. The summed E-state index contributed by atoms with van der Waals surface area (Å²) >= 11 is 0. The van der Waals surface area contributed by atoms with Crippen LogP contribution in [0.15, 0.2) is 42.6 Å². The molecule has 2 rings (SSSR count). The topological polar surface area (TPSA) is 110 Å². The number of nitrogens with one attached hydrogen (secondary N) is 2. The van der Waals surface area contributed by atoms with E-state index < -0.39 is 11.0 Å². The SMILES string of the molecule is CC(C)(C)c1ccccc1OC[C@@H](O)CNCCNc1ccc([N+](=O)[O-])cn1. The van der Waals surface area contributed by atoms with Gasteiger partial charge in [-0.05, 0) is 23.1 Å². The molecule has 0 unspecified atom stereocenters. The summed E-state index contributed by atoms with van der Waals surface area (Å²) in [6.07, 6.45) is 0.581. The molecular formula is C20H28N4O4. The zero-order valence-electron chi connectivity index (χ0n) is 16.5. The molecule has 0 saturated heterocycles. The minimum Gasteiger partial charge on any atom is -0.491 e. The predicted molar refractivity (Wildman–Crippen MR) is 109 cm³/mol. The number of aliphatic hydroxyl groups is 1. The lowest BCUT2D eigenvalue weighted by Gasteiger charge is -2.23. The van der Waals surface area contributed by atoms with E-state index in [0.29, 0.717) is 25.5 Å². The van der Waals surface area contributed by atoms with Crippen molar-refractivity contribution in [2.24, 2.45) is 0 Å². The number of hydrogen-bond acceptors (Lipinski definition) is 7. The van der Waals surface area contributed by atoms with Crippen LogP contribution in [0.4, 0.5) is 11.5 Å². The van der Waals surface area contributed by atoms with Crippen LogP contribution in [0.5, 0.6) is 5.75 Å². The number of aromatic nitrogens is 1. The monoisotopic (exact) mass is 388 g/mol. The van der Waals surface area contributed by atoms with Gasteiger partial charge in [0.2, 0.25) is 0 Å². The maximum Gasteiger partial charge on any atom is 0.287 e. The smallest absolute Gasteiger partial charge is 0.287 e. The highest BCUT2D eigenvalue weighted by atomic mass is 16.6. The van der Waals surface area contributed by atoms with Crippen molar-refractivity contribution < 1.29 is 14.8 Å². The van der Waals surface area contributed by atoms with Gasteiger partial charge in [-0.2, -0.15) is 0 Å². The molecule has 2 aromatic rings. The van der Waals surface area contributed by atoms with Gasteiger partial charge in [0.25, 0.3) is 5.69 Å². The van der Waals surface area contributed by atoms with Crippen LogP contribution in [0.2, 0.25) is 0 Å². The molecule has 0 aliphatic carbocycles. The van der Waals surface area contributed by atoms with E-state index in [4.69, 9.17) is 4.74 Å². The fourth-order valence-corrected chi connectivity index (χ4v) is 2.60. The Bertz CT molecular complexity index is 760. The molecule has 28 heavy (non-hydrogen) atoms. The van der Waals surface area contributed by atoms with E-state index in [1.165, 1.54) is 12.3 Å². The van der Waals surface area contributed by atoms with Gasteiger partial charge in [-0.3, -0.25) is 10.1 Å². The number of nitro groups is 1. The zero-order valence-corrected chi connectivity index (χ0v) is 16.5. The lowest BCUT2D eigenvalue weighted by Crippen LogP contribution is -2.34.